The molecule has 1 aromatic carbocycles. The van der Waals surface area contributed by atoms with Crippen LogP contribution < -0.4 is 4.90 Å². The third kappa shape index (κ3) is 3.07. The van der Waals surface area contributed by atoms with Crippen molar-refractivity contribution in [2.45, 2.75) is 31.3 Å². The summed E-state index contributed by atoms with van der Waals surface area (Å²) < 4.78 is 0. The molecule has 1 aliphatic carbocycles. The van der Waals surface area contributed by atoms with Crippen LogP contribution in [0.15, 0.2) is 35.7 Å². The van der Waals surface area contributed by atoms with Crippen LogP contribution >= 0.6 is 34.5 Å². The lowest BCUT2D eigenvalue weighted by molar-refractivity contribution is 0.803. The van der Waals surface area contributed by atoms with E-state index in [1.165, 1.54) is 23.4 Å². The molecule has 2 aromatic rings. The van der Waals surface area contributed by atoms with Gasteiger partial charge >= 0.3 is 0 Å². The van der Waals surface area contributed by atoms with E-state index in [1.807, 2.05) is 23.5 Å². The van der Waals surface area contributed by atoms with Gasteiger partial charge in [0.1, 0.15) is 0 Å². The van der Waals surface area contributed by atoms with Gasteiger partial charge in [-0.1, -0.05) is 23.7 Å². The van der Waals surface area contributed by atoms with Crippen LogP contribution in [-0.2, 0) is 12.4 Å². The summed E-state index contributed by atoms with van der Waals surface area (Å²) in [5.74, 6) is 0.466. The van der Waals surface area contributed by atoms with Crippen LogP contribution in [0, 0.1) is 0 Å². The second-order valence-electron chi connectivity index (χ2n) is 4.85. The molecule has 3 rings (SSSR count). The van der Waals surface area contributed by atoms with Crippen molar-refractivity contribution in [1.29, 1.82) is 0 Å². The van der Waals surface area contributed by atoms with Crippen LogP contribution in [0.4, 0.5) is 5.69 Å². The number of halogens is 2. The summed E-state index contributed by atoms with van der Waals surface area (Å²) in [4.78, 5) is 3.85. The molecule has 1 aliphatic rings. The van der Waals surface area contributed by atoms with Crippen LogP contribution in [-0.4, -0.2) is 6.04 Å². The zero-order chi connectivity index (χ0) is 13.2. The van der Waals surface area contributed by atoms with E-state index < -0.39 is 0 Å². The Balaban J connectivity index is 1.85. The van der Waals surface area contributed by atoms with Gasteiger partial charge < -0.3 is 4.90 Å². The first-order valence-corrected chi connectivity index (χ1v) is 8.20. The zero-order valence-corrected chi connectivity index (χ0v) is 12.8. The number of hydrogen-bond donors (Lipinski definition) is 0. The number of rotatable bonds is 5. The highest BCUT2D eigenvalue weighted by Gasteiger charge is 2.29. The highest BCUT2D eigenvalue weighted by molar-refractivity contribution is 7.09. The molecule has 0 bridgehead atoms. The molecule has 0 atom stereocenters. The van der Waals surface area contributed by atoms with E-state index in [1.54, 1.807) is 0 Å². The van der Waals surface area contributed by atoms with Gasteiger partial charge in [0.2, 0.25) is 0 Å². The number of benzene rings is 1. The summed E-state index contributed by atoms with van der Waals surface area (Å²) in [5.41, 5.74) is 2.20. The first kappa shape index (κ1) is 13.3. The van der Waals surface area contributed by atoms with Gasteiger partial charge in [-0.15, -0.1) is 22.9 Å². The fourth-order valence-electron chi connectivity index (χ4n) is 2.21. The maximum absolute atomic E-state index is 6.27. The number of alkyl halides is 1. The van der Waals surface area contributed by atoms with Crippen molar-refractivity contribution in [3.05, 3.63) is 51.2 Å². The largest absolute Gasteiger partial charge is 0.363 e. The summed E-state index contributed by atoms with van der Waals surface area (Å²) in [6.07, 6.45) is 2.56. The van der Waals surface area contributed by atoms with Gasteiger partial charge in [-0.05, 0) is 42.0 Å². The van der Waals surface area contributed by atoms with E-state index in [-0.39, 0.29) is 0 Å². The summed E-state index contributed by atoms with van der Waals surface area (Å²) in [6, 6.07) is 11.2. The molecule has 1 nitrogen and oxygen atoms in total. The number of anilines is 1. The topological polar surface area (TPSA) is 3.24 Å². The van der Waals surface area contributed by atoms with Gasteiger partial charge in [0, 0.05) is 27.5 Å². The maximum atomic E-state index is 6.27. The highest BCUT2D eigenvalue weighted by Crippen LogP contribution is 2.35. The lowest BCUT2D eigenvalue weighted by Gasteiger charge is -2.24. The molecule has 0 aliphatic heterocycles. The molecule has 1 aromatic heterocycles. The first-order valence-electron chi connectivity index (χ1n) is 6.41. The van der Waals surface area contributed by atoms with Gasteiger partial charge in [-0.3, -0.25) is 0 Å². The van der Waals surface area contributed by atoms with E-state index in [0.29, 0.717) is 11.9 Å². The monoisotopic (exact) mass is 311 g/mol. The minimum Gasteiger partial charge on any atom is -0.363 e. The predicted octanol–water partition coefficient (Wildman–Crippen LogP) is 5.31. The van der Waals surface area contributed by atoms with Crippen LogP contribution in [0.25, 0.3) is 0 Å². The molecule has 4 heteroatoms. The molecule has 0 saturated heterocycles. The Kier molecular flexibility index (Phi) is 4.01. The third-order valence-electron chi connectivity index (χ3n) is 3.41. The van der Waals surface area contributed by atoms with Gasteiger partial charge in [-0.2, -0.15) is 0 Å². The van der Waals surface area contributed by atoms with E-state index in [2.05, 4.69) is 28.5 Å². The number of hydrogen-bond acceptors (Lipinski definition) is 2. The van der Waals surface area contributed by atoms with E-state index in [9.17, 15) is 0 Å². The van der Waals surface area contributed by atoms with Crippen LogP contribution in [0.5, 0.6) is 0 Å². The smallest absolute Gasteiger partial charge is 0.0525 e. The van der Waals surface area contributed by atoms with Crippen molar-refractivity contribution in [2.24, 2.45) is 0 Å². The molecule has 0 amide bonds. The van der Waals surface area contributed by atoms with Crippen molar-refractivity contribution in [3.8, 4) is 0 Å². The van der Waals surface area contributed by atoms with Gasteiger partial charge in [-0.25, -0.2) is 0 Å². The fraction of sp³-hybridized carbons (Fsp3) is 0.333. The van der Waals surface area contributed by atoms with Crippen molar-refractivity contribution in [3.63, 3.8) is 0 Å². The standard InChI is InChI=1S/C15H15Cl2NS/c16-9-11-3-4-13(8-15(11)17)18(12-5-6-12)10-14-2-1-7-19-14/h1-4,7-8,12H,5-6,9-10H2. The predicted molar refractivity (Wildman–Crippen MR) is 84.5 cm³/mol. The van der Waals surface area contributed by atoms with Crippen molar-refractivity contribution >= 4 is 40.2 Å². The van der Waals surface area contributed by atoms with E-state index in [4.69, 9.17) is 23.2 Å². The van der Waals surface area contributed by atoms with Crippen molar-refractivity contribution < 1.29 is 0 Å². The fourth-order valence-corrected chi connectivity index (χ4v) is 3.46. The maximum Gasteiger partial charge on any atom is 0.0525 e. The minimum absolute atomic E-state index is 0.466. The van der Waals surface area contributed by atoms with E-state index >= 15 is 0 Å². The average Bonchev–Trinajstić information content (AvgIpc) is 3.13. The molecule has 0 spiro atoms. The zero-order valence-electron chi connectivity index (χ0n) is 10.5. The Bertz CT molecular complexity index is 549. The molecule has 0 radical (unpaired) electrons. The summed E-state index contributed by atoms with van der Waals surface area (Å²) in [7, 11) is 0. The van der Waals surface area contributed by atoms with Crippen LogP contribution in [0.1, 0.15) is 23.3 Å². The summed E-state index contributed by atoms with van der Waals surface area (Å²) >= 11 is 13.9. The average molecular weight is 312 g/mol. The highest BCUT2D eigenvalue weighted by atomic mass is 35.5. The van der Waals surface area contributed by atoms with Gasteiger partial charge in [0.15, 0.2) is 0 Å². The normalized spacial score (nSPS) is 14.6. The van der Waals surface area contributed by atoms with Gasteiger partial charge in [0.25, 0.3) is 0 Å². The molecule has 0 N–H and O–H groups in total. The summed E-state index contributed by atoms with van der Waals surface area (Å²) in [5, 5.41) is 2.90. The Morgan fingerprint density at radius 3 is 2.68 bits per heavy atom. The SMILES string of the molecule is ClCc1ccc(N(Cc2cccs2)C2CC2)cc1Cl. The Morgan fingerprint density at radius 1 is 1.26 bits per heavy atom. The molecule has 19 heavy (non-hydrogen) atoms. The van der Waals surface area contributed by atoms with Crippen LogP contribution in [0.3, 0.4) is 0 Å². The Hall–Kier alpha value is -0.700. The molecular formula is C15H15Cl2NS. The van der Waals surface area contributed by atoms with Crippen molar-refractivity contribution in [2.75, 3.05) is 4.90 Å². The van der Waals surface area contributed by atoms with Gasteiger partial charge in [0.05, 0.1) is 6.54 Å². The van der Waals surface area contributed by atoms with Crippen molar-refractivity contribution in [1.82, 2.24) is 0 Å². The lowest BCUT2D eigenvalue weighted by Crippen LogP contribution is -2.24. The minimum atomic E-state index is 0.466. The second-order valence-corrected chi connectivity index (χ2v) is 6.55. The van der Waals surface area contributed by atoms with E-state index in [0.717, 1.165) is 17.1 Å². The quantitative estimate of drug-likeness (QED) is 0.676. The Labute approximate surface area is 127 Å². The molecule has 1 saturated carbocycles. The first-order chi connectivity index (χ1) is 9.28. The number of nitrogens with zero attached hydrogens (tertiary/aromatic N) is 1. The third-order valence-corrected chi connectivity index (χ3v) is 4.91. The molecule has 0 unspecified atom stereocenters. The molecule has 1 heterocycles. The lowest BCUT2D eigenvalue weighted by atomic mass is 10.2. The molecule has 100 valence electrons. The Morgan fingerprint density at radius 2 is 2.11 bits per heavy atom. The summed E-state index contributed by atoms with van der Waals surface area (Å²) in [6.45, 7) is 0.971. The second kappa shape index (κ2) is 5.74. The molecular weight excluding hydrogens is 297 g/mol. The number of thiophene rings is 1. The molecule has 1 fully saturated rings. The van der Waals surface area contributed by atoms with Crippen LogP contribution in [0.2, 0.25) is 5.02 Å².